The minimum atomic E-state index is 0.412. The van der Waals surface area contributed by atoms with E-state index in [1.165, 1.54) is 19.3 Å². The zero-order valence-corrected chi connectivity index (χ0v) is 12.8. The third-order valence-electron chi connectivity index (χ3n) is 3.27. The summed E-state index contributed by atoms with van der Waals surface area (Å²) in [6.07, 6.45) is 3.65. The number of anilines is 2. The molecule has 19 heavy (non-hydrogen) atoms. The van der Waals surface area contributed by atoms with Gasteiger partial charge in [0.2, 0.25) is 0 Å². The highest BCUT2D eigenvalue weighted by Crippen LogP contribution is 2.25. The first-order chi connectivity index (χ1) is 9.01. The van der Waals surface area contributed by atoms with Crippen LogP contribution in [0.2, 0.25) is 0 Å². The molecule has 0 atom stereocenters. The molecule has 0 bridgehead atoms. The van der Waals surface area contributed by atoms with Gasteiger partial charge in [-0.1, -0.05) is 19.8 Å². The highest BCUT2D eigenvalue weighted by atomic mass is 15.3. The Balaban J connectivity index is 3.04. The number of rotatable bonds is 7. The van der Waals surface area contributed by atoms with Gasteiger partial charge in [0.1, 0.15) is 17.5 Å². The van der Waals surface area contributed by atoms with Crippen molar-refractivity contribution in [3.8, 4) is 0 Å². The van der Waals surface area contributed by atoms with Crippen molar-refractivity contribution in [1.82, 2.24) is 9.97 Å². The number of unbranched alkanes of at least 4 members (excludes halogenated alkanes) is 2. The predicted molar refractivity (Wildman–Crippen MR) is 81.3 cm³/mol. The Morgan fingerprint density at radius 2 is 1.89 bits per heavy atom. The van der Waals surface area contributed by atoms with Gasteiger partial charge in [-0.3, -0.25) is 0 Å². The number of hydrogen-bond donors (Lipinski definition) is 2. The van der Waals surface area contributed by atoms with Crippen molar-refractivity contribution in [3.05, 3.63) is 11.4 Å². The number of aromatic nitrogens is 2. The molecular weight excluding hydrogens is 238 g/mol. The largest absolute Gasteiger partial charge is 0.354 e. The van der Waals surface area contributed by atoms with E-state index in [9.17, 15) is 0 Å². The molecule has 0 spiro atoms. The zero-order chi connectivity index (χ0) is 14.4. The molecule has 0 saturated carbocycles. The molecule has 0 aromatic carbocycles. The second-order valence-electron chi connectivity index (χ2n) is 5.21. The Kier molecular flexibility index (Phi) is 6.02. The summed E-state index contributed by atoms with van der Waals surface area (Å²) in [5.74, 6) is 7.98. The van der Waals surface area contributed by atoms with Gasteiger partial charge in [-0.15, -0.1) is 0 Å². The van der Waals surface area contributed by atoms with E-state index in [-0.39, 0.29) is 0 Å². The second-order valence-corrected chi connectivity index (χ2v) is 5.21. The summed E-state index contributed by atoms with van der Waals surface area (Å²) in [5.41, 5.74) is 3.67. The molecule has 1 aromatic heterocycles. The molecule has 0 fully saturated rings. The summed E-state index contributed by atoms with van der Waals surface area (Å²) >= 11 is 0. The number of aryl methyl sites for hydroxylation is 1. The van der Waals surface area contributed by atoms with Crippen LogP contribution in [0, 0.1) is 13.8 Å². The fourth-order valence-corrected chi connectivity index (χ4v) is 2.17. The maximum atomic E-state index is 5.53. The molecule has 3 N–H and O–H groups in total. The predicted octanol–water partition coefficient (Wildman–Crippen LogP) is 2.78. The maximum Gasteiger partial charge on any atom is 0.148 e. The number of nitrogens with two attached hydrogens (primary N) is 1. The smallest absolute Gasteiger partial charge is 0.148 e. The number of nitrogens with one attached hydrogen (secondary N) is 1. The van der Waals surface area contributed by atoms with Crippen LogP contribution in [0.25, 0.3) is 0 Å². The molecule has 0 aliphatic carbocycles. The number of hydrazine groups is 1. The van der Waals surface area contributed by atoms with Crippen LogP contribution in [0.1, 0.15) is 51.4 Å². The van der Waals surface area contributed by atoms with Gasteiger partial charge in [-0.2, -0.15) is 0 Å². The molecule has 0 aliphatic heterocycles. The molecule has 108 valence electrons. The molecule has 0 amide bonds. The van der Waals surface area contributed by atoms with E-state index in [1.807, 2.05) is 13.8 Å². The van der Waals surface area contributed by atoms with Gasteiger partial charge in [0.15, 0.2) is 0 Å². The molecular formula is C14H27N5. The number of nitrogens with zero attached hydrogens (tertiary/aromatic N) is 3. The molecule has 0 unspecified atom stereocenters. The van der Waals surface area contributed by atoms with Crippen LogP contribution in [0.3, 0.4) is 0 Å². The lowest BCUT2D eigenvalue weighted by molar-refractivity contribution is 0.617. The summed E-state index contributed by atoms with van der Waals surface area (Å²) in [5, 5.41) is 0. The van der Waals surface area contributed by atoms with Crippen molar-refractivity contribution in [3.63, 3.8) is 0 Å². The average Bonchev–Trinajstić information content (AvgIpc) is 2.37. The van der Waals surface area contributed by atoms with Crippen LogP contribution in [0.5, 0.6) is 0 Å². The highest BCUT2D eigenvalue weighted by Gasteiger charge is 2.17. The van der Waals surface area contributed by atoms with Crippen LogP contribution in [-0.2, 0) is 0 Å². The lowest BCUT2D eigenvalue weighted by Gasteiger charge is -2.30. The van der Waals surface area contributed by atoms with Gasteiger partial charge >= 0.3 is 0 Å². The van der Waals surface area contributed by atoms with Crippen molar-refractivity contribution >= 4 is 11.6 Å². The van der Waals surface area contributed by atoms with Crippen molar-refractivity contribution in [2.24, 2.45) is 5.84 Å². The van der Waals surface area contributed by atoms with Crippen LogP contribution in [0.4, 0.5) is 11.6 Å². The summed E-state index contributed by atoms with van der Waals surface area (Å²) in [7, 11) is 0. The van der Waals surface area contributed by atoms with E-state index in [4.69, 9.17) is 5.84 Å². The Morgan fingerprint density at radius 3 is 2.42 bits per heavy atom. The van der Waals surface area contributed by atoms with Crippen LogP contribution in [-0.4, -0.2) is 22.6 Å². The highest BCUT2D eigenvalue weighted by molar-refractivity contribution is 5.58. The number of hydrogen-bond acceptors (Lipinski definition) is 5. The third kappa shape index (κ3) is 4.06. The van der Waals surface area contributed by atoms with E-state index < -0.39 is 0 Å². The number of nitrogen functional groups attached to an aromatic ring is 1. The Hall–Kier alpha value is -1.36. The summed E-state index contributed by atoms with van der Waals surface area (Å²) in [6, 6.07) is 0.412. The Bertz CT molecular complexity index is 403. The lowest BCUT2D eigenvalue weighted by atomic mass is 10.2. The van der Waals surface area contributed by atoms with Gasteiger partial charge in [0, 0.05) is 18.2 Å². The van der Waals surface area contributed by atoms with Crippen molar-refractivity contribution in [2.45, 2.75) is 59.9 Å². The molecule has 0 radical (unpaired) electrons. The fourth-order valence-electron chi connectivity index (χ4n) is 2.17. The quantitative estimate of drug-likeness (QED) is 0.451. The SMILES string of the molecule is CCCCCN(c1nc(C)nc(NN)c1C)C(C)C. The molecule has 0 aliphatic rings. The molecule has 1 rings (SSSR count). The van der Waals surface area contributed by atoms with E-state index in [1.54, 1.807) is 0 Å². The standard InChI is InChI=1S/C14H27N5/c1-6-7-8-9-19(10(2)3)14-11(4)13(18-15)16-12(5)17-14/h10H,6-9,15H2,1-5H3,(H,16,17,18). The van der Waals surface area contributed by atoms with Crippen molar-refractivity contribution < 1.29 is 0 Å². The molecule has 1 heterocycles. The molecule has 0 saturated heterocycles. The van der Waals surface area contributed by atoms with Crippen LogP contribution >= 0.6 is 0 Å². The Morgan fingerprint density at radius 1 is 1.21 bits per heavy atom. The van der Waals surface area contributed by atoms with Gasteiger partial charge in [-0.05, 0) is 34.1 Å². The average molecular weight is 265 g/mol. The van der Waals surface area contributed by atoms with Gasteiger partial charge in [-0.25, -0.2) is 15.8 Å². The van der Waals surface area contributed by atoms with Gasteiger partial charge in [0.05, 0.1) is 0 Å². The lowest BCUT2D eigenvalue weighted by Crippen LogP contribution is -2.33. The van der Waals surface area contributed by atoms with Gasteiger partial charge < -0.3 is 10.3 Å². The third-order valence-corrected chi connectivity index (χ3v) is 3.27. The normalized spacial score (nSPS) is 10.9. The van der Waals surface area contributed by atoms with Crippen molar-refractivity contribution in [1.29, 1.82) is 0 Å². The first-order valence-electron chi connectivity index (χ1n) is 7.09. The first-order valence-corrected chi connectivity index (χ1v) is 7.09. The maximum absolute atomic E-state index is 5.53. The monoisotopic (exact) mass is 265 g/mol. The van der Waals surface area contributed by atoms with E-state index in [2.05, 4.69) is 41.1 Å². The molecule has 1 aromatic rings. The topological polar surface area (TPSA) is 67.1 Å². The van der Waals surface area contributed by atoms with E-state index >= 15 is 0 Å². The van der Waals surface area contributed by atoms with E-state index in [0.717, 1.165) is 23.8 Å². The second kappa shape index (κ2) is 7.28. The minimum Gasteiger partial charge on any atom is -0.354 e. The summed E-state index contributed by atoms with van der Waals surface area (Å²) in [6.45, 7) is 11.5. The van der Waals surface area contributed by atoms with Crippen LogP contribution < -0.4 is 16.2 Å². The molecule has 5 heteroatoms. The molecule has 5 nitrogen and oxygen atoms in total. The van der Waals surface area contributed by atoms with Crippen LogP contribution in [0.15, 0.2) is 0 Å². The minimum absolute atomic E-state index is 0.412. The summed E-state index contributed by atoms with van der Waals surface area (Å²) in [4.78, 5) is 11.3. The Labute approximate surface area is 116 Å². The fraction of sp³-hybridized carbons (Fsp3) is 0.714. The zero-order valence-electron chi connectivity index (χ0n) is 12.8. The van der Waals surface area contributed by atoms with E-state index in [0.29, 0.717) is 11.9 Å². The first kappa shape index (κ1) is 15.7. The summed E-state index contributed by atoms with van der Waals surface area (Å²) < 4.78 is 0. The van der Waals surface area contributed by atoms with Gasteiger partial charge in [0.25, 0.3) is 0 Å². The van der Waals surface area contributed by atoms with Crippen molar-refractivity contribution in [2.75, 3.05) is 16.9 Å².